The largest absolute Gasteiger partial charge is 0.348 e. The average Bonchev–Trinajstić information content (AvgIpc) is 3.40. The highest BCUT2D eigenvalue weighted by molar-refractivity contribution is 5.94. The minimum absolute atomic E-state index is 0.144. The molecule has 0 aliphatic carbocycles. The van der Waals surface area contributed by atoms with Crippen LogP contribution in [-0.4, -0.2) is 31.4 Å². The number of benzene rings is 1. The van der Waals surface area contributed by atoms with E-state index in [9.17, 15) is 9.59 Å². The fourth-order valence-electron chi connectivity index (χ4n) is 3.25. The summed E-state index contributed by atoms with van der Waals surface area (Å²) < 4.78 is 3.58. The lowest BCUT2D eigenvalue weighted by molar-refractivity contribution is 0.0942. The zero-order chi connectivity index (χ0) is 23.1. The fraction of sp³-hybridized carbons (Fsp3) is 0.417. The van der Waals surface area contributed by atoms with Gasteiger partial charge in [-0.3, -0.25) is 19.0 Å². The Morgan fingerprint density at radius 3 is 1.47 bits per heavy atom. The molecular formula is C24H32N6O2. The summed E-state index contributed by atoms with van der Waals surface area (Å²) in [5.41, 5.74) is 3.08. The Morgan fingerprint density at radius 1 is 0.750 bits per heavy atom. The Morgan fingerprint density at radius 2 is 1.12 bits per heavy atom. The van der Waals surface area contributed by atoms with Crippen LogP contribution in [0.1, 0.15) is 59.5 Å². The summed E-state index contributed by atoms with van der Waals surface area (Å²) in [6, 6.07) is 7.80. The molecule has 32 heavy (non-hydrogen) atoms. The molecule has 1 aromatic carbocycles. The van der Waals surface area contributed by atoms with Crippen molar-refractivity contribution in [1.82, 2.24) is 30.2 Å². The first-order chi connectivity index (χ1) is 15.3. The first kappa shape index (κ1) is 23.2. The number of amides is 2. The van der Waals surface area contributed by atoms with Crippen LogP contribution in [0.5, 0.6) is 0 Å². The minimum atomic E-state index is -0.144. The van der Waals surface area contributed by atoms with Crippen molar-refractivity contribution in [2.24, 2.45) is 11.8 Å². The van der Waals surface area contributed by atoms with Gasteiger partial charge in [0.2, 0.25) is 0 Å². The van der Waals surface area contributed by atoms with Gasteiger partial charge in [-0.15, -0.1) is 0 Å². The van der Waals surface area contributed by atoms with Crippen molar-refractivity contribution >= 4 is 11.8 Å². The molecule has 0 saturated heterocycles. The van der Waals surface area contributed by atoms with Crippen molar-refractivity contribution in [3.05, 3.63) is 71.3 Å². The molecule has 2 amide bonds. The maximum atomic E-state index is 12.3. The van der Waals surface area contributed by atoms with Gasteiger partial charge in [-0.25, -0.2) is 0 Å². The zero-order valence-electron chi connectivity index (χ0n) is 19.2. The van der Waals surface area contributed by atoms with E-state index in [2.05, 4.69) is 48.5 Å². The molecule has 0 atom stereocenters. The van der Waals surface area contributed by atoms with Gasteiger partial charge in [0.05, 0.1) is 23.5 Å². The summed E-state index contributed by atoms with van der Waals surface area (Å²) in [5, 5.41) is 14.3. The van der Waals surface area contributed by atoms with Gasteiger partial charge in [-0.05, 0) is 23.0 Å². The number of hydrogen-bond donors (Lipinski definition) is 2. The first-order valence-electron chi connectivity index (χ1n) is 11.0. The quantitative estimate of drug-likeness (QED) is 0.510. The molecule has 2 aromatic heterocycles. The van der Waals surface area contributed by atoms with Crippen LogP contribution in [-0.2, 0) is 26.2 Å². The number of nitrogens with zero attached hydrogens (tertiary/aromatic N) is 4. The van der Waals surface area contributed by atoms with Crippen LogP contribution in [0.4, 0.5) is 0 Å². The molecule has 3 aromatic rings. The topological polar surface area (TPSA) is 93.8 Å². The number of hydrogen-bond acceptors (Lipinski definition) is 4. The Hall–Kier alpha value is -3.42. The molecule has 2 heterocycles. The van der Waals surface area contributed by atoms with E-state index in [1.54, 1.807) is 34.2 Å². The Bertz CT molecular complexity index is 950. The molecule has 0 saturated carbocycles. The normalized spacial score (nSPS) is 11.2. The first-order valence-corrected chi connectivity index (χ1v) is 11.0. The summed E-state index contributed by atoms with van der Waals surface area (Å²) >= 11 is 0. The minimum Gasteiger partial charge on any atom is -0.348 e. The standard InChI is InChI=1S/C24H32N6O2/c1-17(2)13-29-15-21(11-27-29)23(31)25-9-19-5-7-20(8-6-19)10-26-24(32)22-12-28-30(16-22)14-18(3)4/h5-8,11-12,15-18H,9-10,13-14H2,1-4H3,(H,25,31)(H,26,32). The predicted molar refractivity (Wildman–Crippen MR) is 123 cm³/mol. The lowest BCUT2D eigenvalue weighted by Gasteiger charge is -2.07. The van der Waals surface area contributed by atoms with E-state index < -0.39 is 0 Å². The molecule has 0 aliphatic rings. The van der Waals surface area contributed by atoms with E-state index in [1.165, 1.54) is 0 Å². The number of nitrogens with one attached hydrogen (secondary N) is 2. The van der Waals surface area contributed by atoms with Gasteiger partial charge in [-0.2, -0.15) is 10.2 Å². The fourth-order valence-corrected chi connectivity index (χ4v) is 3.25. The molecule has 0 radical (unpaired) electrons. The summed E-state index contributed by atoms with van der Waals surface area (Å²) in [6.45, 7) is 10.9. The highest BCUT2D eigenvalue weighted by atomic mass is 16.2. The molecule has 8 nitrogen and oxygen atoms in total. The third-order valence-electron chi connectivity index (χ3n) is 4.82. The highest BCUT2D eigenvalue weighted by Gasteiger charge is 2.10. The second-order valence-corrected chi connectivity index (χ2v) is 8.87. The van der Waals surface area contributed by atoms with E-state index in [-0.39, 0.29) is 11.8 Å². The second-order valence-electron chi connectivity index (χ2n) is 8.87. The van der Waals surface area contributed by atoms with Crippen molar-refractivity contribution < 1.29 is 9.59 Å². The second kappa shape index (κ2) is 10.7. The lowest BCUT2D eigenvalue weighted by atomic mass is 10.1. The number of carbonyl (C=O) groups is 2. The molecule has 0 spiro atoms. The third kappa shape index (κ3) is 6.80. The van der Waals surface area contributed by atoms with Crippen LogP contribution < -0.4 is 10.6 Å². The van der Waals surface area contributed by atoms with Crippen LogP contribution in [0.15, 0.2) is 49.1 Å². The van der Waals surface area contributed by atoms with Crippen molar-refractivity contribution in [2.45, 2.75) is 53.9 Å². The van der Waals surface area contributed by atoms with Gasteiger partial charge < -0.3 is 10.6 Å². The van der Waals surface area contributed by atoms with Gasteiger partial charge in [0.1, 0.15) is 0 Å². The summed E-state index contributed by atoms with van der Waals surface area (Å²) in [6.07, 6.45) is 6.73. The van der Waals surface area contributed by atoms with Gasteiger partial charge in [0, 0.05) is 38.6 Å². The van der Waals surface area contributed by atoms with Crippen molar-refractivity contribution in [3.8, 4) is 0 Å². The molecule has 0 bridgehead atoms. The van der Waals surface area contributed by atoms with Gasteiger partial charge >= 0.3 is 0 Å². The van der Waals surface area contributed by atoms with Crippen LogP contribution in [0.25, 0.3) is 0 Å². The van der Waals surface area contributed by atoms with Gasteiger partial charge in [0.25, 0.3) is 11.8 Å². The Balaban J connectivity index is 1.45. The molecule has 170 valence electrons. The highest BCUT2D eigenvalue weighted by Crippen LogP contribution is 2.07. The van der Waals surface area contributed by atoms with Gasteiger partial charge in [-0.1, -0.05) is 52.0 Å². The van der Waals surface area contributed by atoms with Crippen LogP contribution in [0, 0.1) is 11.8 Å². The predicted octanol–water partition coefficient (Wildman–Crippen LogP) is 3.25. The number of aromatic nitrogens is 4. The average molecular weight is 437 g/mol. The van der Waals surface area contributed by atoms with Crippen LogP contribution in [0.3, 0.4) is 0 Å². The smallest absolute Gasteiger partial charge is 0.254 e. The molecule has 0 unspecified atom stereocenters. The van der Waals surface area contributed by atoms with E-state index in [4.69, 9.17) is 0 Å². The molecule has 0 aliphatic heterocycles. The van der Waals surface area contributed by atoms with Crippen molar-refractivity contribution in [2.75, 3.05) is 0 Å². The zero-order valence-corrected chi connectivity index (χ0v) is 19.2. The number of rotatable bonds is 10. The SMILES string of the molecule is CC(C)Cn1cc(C(=O)NCc2ccc(CNC(=O)c3cnn(CC(C)C)c3)cc2)cn1. The summed E-state index contributed by atoms with van der Waals surface area (Å²) in [4.78, 5) is 24.7. The Labute approximate surface area is 189 Å². The third-order valence-corrected chi connectivity index (χ3v) is 4.82. The van der Waals surface area contributed by atoms with E-state index >= 15 is 0 Å². The summed E-state index contributed by atoms with van der Waals surface area (Å²) in [7, 11) is 0. The maximum absolute atomic E-state index is 12.3. The van der Waals surface area contributed by atoms with E-state index in [0.717, 1.165) is 24.2 Å². The molecule has 2 N–H and O–H groups in total. The molecule has 3 rings (SSSR count). The lowest BCUT2D eigenvalue weighted by Crippen LogP contribution is -2.23. The Kier molecular flexibility index (Phi) is 7.81. The summed E-state index contributed by atoms with van der Waals surface area (Å²) in [5.74, 6) is 0.650. The van der Waals surface area contributed by atoms with Crippen molar-refractivity contribution in [1.29, 1.82) is 0 Å². The molecular weight excluding hydrogens is 404 g/mol. The van der Waals surface area contributed by atoms with Gasteiger partial charge in [0.15, 0.2) is 0 Å². The van der Waals surface area contributed by atoms with Crippen molar-refractivity contribution in [3.63, 3.8) is 0 Å². The monoisotopic (exact) mass is 436 g/mol. The van der Waals surface area contributed by atoms with E-state index in [0.29, 0.717) is 36.1 Å². The number of carbonyl (C=O) groups excluding carboxylic acids is 2. The maximum Gasteiger partial charge on any atom is 0.254 e. The molecule has 8 heteroatoms. The molecule has 0 fully saturated rings. The van der Waals surface area contributed by atoms with Crippen LogP contribution >= 0.6 is 0 Å². The van der Waals surface area contributed by atoms with E-state index in [1.807, 2.05) is 24.3 Å². The van der Waals surface area contributed by atoms with Crippen LogP contribution in [0.2, 0.25) is 0 Å².